The zero-order valence-electron chi connectivity index (χ0n) is 9.07. The van der Waals surface area contributed by atoms with Crippen LogP contribution in [0.3, 0.4) is 0 Å². The standard InChI is InChI=1S/C10H13BrO3S2/c1-7(5-10(12)14-2)16(13)6-8-3-4-9(11)15-8/h3-4,7H,5-6H2,1-2H3. The fourth-order valence-corrected chi connectivity index (χ4v) is 3.97. The molecule has 0 aliphatic heterocycles. The Bertz CT molecular complexity index is 389. The molecule has 0 radical (unpaired) electrons. The summed E-state index contributed by atoms with van der Waals surface area (Å²) in [5, 5.41) is -0.173. The van der Waals surface area contributed by atoms with Crippen LogP contribution in [-0.4, -0.2) is 22.5 Å². The summed E-state index contributed by atoms with van der Waals surface area (Å²) in [7, 11) is 0.306. The SMILES string of the molecule is COC(=O)CC(C)S(=O)Cc1ccc(Br)s1. The Morgan fingerprint density at radius 1 is 1.62 bits per heavy atom. The second-order valence-corrected chi connectivity index (χ2v) is 7.72. The van der Waals surface area contributed by atoms with E-state index in [-0.39, 0.29) is 17.6 Å². The van der Waals surface area contributed by atoms with Crippen molar-refractivity contribution >= 4 is 44.0 Å². The van der Waals surface area contributed by atoms with Gasteiger partial charge in [0.15, 0.2) is 0 Å². The highest BCUT2D eigenvalue weighted by Crippen LogP contribution is 2.24. The van der Waals surface area contributed by atoms with Crippen LogP contribution in [0.1, 0.15) is 18.2 Å². The van der Waals surface area contributed by atoms with Crippen LogP contribution in [-0.2, 0) is 26.1 Å². The molecule has 0 spiro atoms. The van der Waals surface area contributed by atoms with Crippen LogP contribution in [0.2, 0.25) is 0 Å². The van der Waals surface area contributed by atoms with Crippen LogP contribution in [0.15, 0.2) is 15.9 Å². The monoisotopic (exact) mass is 324 g/mol. The predicted octanol–water partition coefficient (Wildman–Crippen LogP) is 2.71. The van der Waals surface area contributed by atoms with Crippen molar-refractivity contribution in [2.75, 3.05) is 7.11 Å². The first-order valence-electron chi connectivity index (χ1n) is 4.71. The molecule has 0 aliphatic carbocycles. The lowest BCUT2D eigenvalue weighted by atomic mass is 10.3. The van der Waals surface area contributed by atoms with Crippen molar-refractivity contribution in [1.82, 2.24) is 0 Å². The van der Waals surface area contributed by atoms with E-state index in [4.69, 9.17) is 0 Å². The largest absolute Gasteiger partial charge is 0.469 e. The Kier molecular flexibility index (Phi) is 5.64. The van der Waals surface area contributed by atoms with E-state index in [0.29, 0.717) is 5.75 Å². The number of carbonyl (C=O) groups excluding carboxylic acids is 1. The molecule has 0 saturated heterocycles. The predicted molar refractivity (Wildman–Crippen MR) is 70.0 cm³/mol. The van der Waals surface area contributed by atoms with Crippen molar-refractivity contribution in [3.05, 3.63) is 20.8 Å². The number of esters is 1. The molecular formula is C10H13BrO3S2. The van der Waals surface area contributed by atoms with E-state index >= 15 is 0 Å². The van der Waals surface area contributed by atoms with Gasteiger partial charge in [-0.25, -0.2) is 0 Å². The first-order chi connectivity index (χ1) is 7.52. The number of carbonyl (C=O) groups is 1. The second kappa shape index (κ2) is 6.51. The zero-order chi connectivity index (χ0) is 12.1. The molecular weight excluding hydrogens is 312 g/mol. The van der Waals surface area contributed by atoms with Gasteiger partial charge in [0.2, 0.25) is 0 Å². The molecule has 0 aliphatic rings. The summed E-state index contributed by atoms with van der Waals surface area (Å²) in [6.07, 6.45) is 0.204. The van der Waals surface area contributed by atoms with Gasteiger partial charge in [0.25, 0.3) is 0 Å². The molecule has 90 valence electrons. The summed E-state index contributed by atoms with van der Waals surface area (Å²) in [6.45, 7) is 1.80. The minimum Gasteiger partial charge on any atom is -0.469 e. The Balaban J connectivity index is 2.49. The Hall–Kier alpha value is -0.200. The van der Waals surface area contributed by atoms with E-state index in [2.05, 4.69) is 20.7 Å². The lowest BCUT2D eigenvalue weighted by molar-refractivity contribution is -0.140. The zero-order valence-corrected chi connectivity index (χ0v) is 12.3. The maximum atomic E-state index is 11.9. The highest BCUT2D eigenvalue weighted by Gasteiger charge is 2.16. The molecule has 1 rings (SSSR count). The van der Waals surface area contributed by atoms with Gasteiger partial charge >= 0.3 is 5.97 Å². The van der Waals surface area contributed by atoms with Gasteiger partial charge < -0.3 is 4.74 Å². The lowest BCUT2D eigenvalue weighted by Crippen LogP contribution is -2.17. The quantitative estimate of drug-likeness (QED) is 0.782. The van der Waals surface area contributed by atoms with E-state index in [1.54, 1.807) is 18.3 Å². The normalized spacial score (nSPS) is 14.4. The molecule has 2 unspecified atom stereocenters. The Labute approximate surface area is 110 Å². The van der Waals surface area contributed by atoms with E-state index in [0.717, 1.165) is 8.66 Å². The van der Waals surface area contributed by atoms with Gasteiger partial charge in [0, 0.05) is 20.9 Å². The van der Waals surface area contributed by atoms with Gasteiger partial charge in [0.1, 0.15) is 0 Å². The van der Waals surface area contributed by atoms with E-state index in [1.807, 2.05) is 12.1 Å². The van der Waals surface area contributed by atoms with Crippen molar-refractivity contribution < 1.29 is 13.7 Å². The molecule has 1 heterocycles. The summed E-state index contributed by atoms with van der Waals surface area (Å²) >= 11 is 4.92. The third kappa shape index (κ3) is 4.35. The molecule has 0 amide bonds. The summed E-state index contributed by atoms with van der Waals surface area (Å²) in [5.74, 6) is 0.183. The van der Waals surface area contributed by atoms with Gasteiger partial charge in [-0.05, 0) is 28.1 Å². The molecule has 1 aromatic rings. The van der Waals surface area contributed by atoms with Crippen LogP contribution in [0, 0.1) is 0 Å². The maximum Gasteiger partial charge on any atom is 0.306 e. The molecule has 0 N–H and O–H groups in total. The molecule has 0 saturated carbocycles. The molecule has 3 nitrogen and oxygen atoms in total. The molecule has 2 atom stereocenters. The Morgan fingerprint density at radius 3 is 2.81 bits per heavy atom. The van der Waals surface area contributed by atoms with Crippen LogP contribution in [0.5, 0.6) is 0 Å². The van der Waals surface area contributed by atoms with E-state index in [9.17, 15) is 9.00 Å². The second-order valence-electron chi connectivity index (χ2n) is 3.32. The minimum absolute atomic E-state index is 0.173. The fourth-order valence-electron chi connectivity index (χ4n) is 1.12. The van der Waals surface area contributed by atoms with Crippen LogP contribution in [0.25, 0.3) is 0 Å². The first kappa shape index (κ1) is 13.9. The average molecular weight is 325 g/mol. The van der Waals surface area contributed by atoms with E-state index < -0.39 is 10.8 Å². The Morgan fingerprint density at radius 2 is 2.31 bits per heavy atom. The topological polar surface area (TPSA) is 43.4 Å². The van der Waals surface area contributed by atoms with Crippen molar-refractivity contribution in [2.45, 2.75) is 24.3 Å². The summed E-state index contributed by atoms with van der Waals surface area (Å²) in [6, 6.07) is 3.87. The number of hydrogen-bond acceptors (Lipinski definition) is 4. The van der Waals surface area contributed by atoms with Crippen LogP contribution in [0.4, 0.5) is 0 Å². The van der Waals surface area contributed by atoms with Crippen molar-refractivity contribution in [1.29, 1.82) is 0 Å². The number of halogens is 1. The summed E-state index contributed by atoms with van der Waals surface area (Å²) in [5.41, 5.74) is 0. The number of thiophene rings is 1. The van der Waals surface area contributed by atoms with Crippen molar-refractivity contribution in [2.24, 2.45) is 0 Å². The molecule has 0 fully saturated rings. The molecule has 16 heavy (non-hydrogen) atoms. The average Bonchev–Trinajstić information content (AvgIpc) is 2.63. The highest BCUT2D eigenvalue weighted by molar-refractivity contribution is 9.11. The first-order valence-corrected chi connectivity index (χ1v) is 7.70. The number of rotatable bonds is 5. The third-order valence-corrected chi connectivity index (χ3v) is 5.51. The van der Waals surface area contributed by atoms with Gasteiger partial charge in [-0.1, -0.05) is 6.92 Å². The van der Waals surface area contributed by atoms with Gasteiger partial charge in [-0.3, -0.25) is 9.00 Å². The van der Waals surface area contributed by atoms with Crippen LogP contribution < -0.4 is 0 Å². The maximum absolute atomic E-state index is 11.9. The lowest BCUT2D eigenvalue weighted by Gasteiger charge is -2.08. The molecule has 1 aromatic heterocycles. The van der Waals surface area contributed by atoms with Crippen molar-refractivity contribution in [3.8, 4) is 0 Å². The number of methoxy groups -OCH3 is 1. The molecule has 6 heteroatoms. The van der Waals surface area contributed by atoms with Crippen molar-refractivity contribution in [3.63, 3.8) is 0 Å². The highest BCUT2D eigenvalue weighted by atomic mass is 79.9. The summed E-state index contributed by atoms with van der Waals surface area (Å²) < 4.78 is 17.4. The minimum atomic E-state index is -1.04. The number of hydrogen-bond donors (Lipinski definition) is 0. The fraction of sp³-hybridized carbons (Fsp3) is 0.500. The smallest absolute Gasteiger partial charge is 0.306 e. The van der Waals surface area contributed by atoms with Gasteiger partial charge in [-0.2, -0.15) is 0 Å². The van der Waals surface area contributed by atoms with Crippen LogP contribution >= 0.6 is 27.3 Å². The number of ether oxygens (including phenoxy) is 1. The molecule has 0 aromatic carbocycles. The van der Waals surface area contributed by atoms with Gasteiger partial charge in [0.05, 0.1) is 23.1 Å². The van der Waals surface area contributed by atoms with E-state index in [1.165, 1.54) is 7.11 Å². The van der Waals surface area contributed by atoms with Gasteiger partial charge in [-0.15, -0.1) is 11.3 Å². The summed E-state index contributed by atoms with van der Waals surface area (Å²) in [4.78, 5) is 12.1. The third-order valence-electron chi connectivity index (χ3n) is 2.04. The molecule has 0 bridgehead atoms.